The van der Waals surface area contributed by atoms with Gasteiger partial charge in [-0.2, -0.15) is 5.10 Å². The SMILES string of the molecule is C=C(C=O)/C(CC1=CC=C(O)CC1)=C(\C=NNC)Oc1ccc(C)nc1. The number of rotatable bonds is 8. The number of aliphatic hydroxyl groups is 1. The number of allylic oxidation sites excluding steroid dienone is 7. The van der Waals surface area contributed by atoms with E-state index in [4.69, 9.17) is 4.74 Å². The lowest BCUT2D eigenvalue weighted by atomic mass is 9.93. The van der Waals surface area contributed by atoms with Gasteiger partial charge in [0.25, 0.3) is 0 Å². The van der Waals surface area contributed by atoms with Crippen LogP contribution in [0, 0.1) is 6.92 Å². The summed E-state index contributed by atoms with van der Waals surface area (Å²) < 4.78 is 5.94. The van der Waals surface area contributed by atoms with Gasteiger partial charge in [-0.05, 0) is 38.0 Å². The van der Waals surface area contributed by atoms with Gasteiger partial charge in [0.05, 0.1) is 18.2 Å². The maximum Gasteiger partial charge on any atom is 0.151 e. The van der Waals surface area contributed by atoms with E-state index in [9.17, 15) is 9.90 Å². The highest BCUT2D eigenvalue weighted by Gasteiger charge is 2.15. The molecule has 2 N–H and O–H groups in total. The standard InChI is InChI=1S/C20H23N3O3/c1-14(13-24)19(10-16-5-7-17(25)8-6-16)20(12-23-21-3)26-18-9-4-15(2)22-11-18/h4-5,7,9,11-13,21,25H,1,6,8,10H2,2-3H3/b20-19+,23-12?. The summed E-state index contributed by atoms with van der Waals surface area (Å²) in [6.07, 6.45) is 9.13. The van der Waals surface area contributed by atoms with E-state index in [0.717, 1.165) is 11.3 Å². The monoisotopic (exact) mass is 353 g/mol. The molecule has 1 aromatic rings. The number of aryl methyl sites for hydroxylation is 1. The first-order chi connectivity index (χ1) is 12.5. The number of pyridine rings is 1. The fourth-order valence-corrected chi connectivity index (χ4v) is 2.40. The zero-order valence-corrected chi connectivity index (χ0v) is 15.0. The molecular formula is C20H23N3O3. The van der Waals surface area contributed by atoms with Gasteiger partial charge in [0.1, 0.15) is 12.0 Å². The lowest BCUT2D eigenvalue weighted by Crippen LogP contribution is -2.09. The Labute approximate surface area is 153 Å². The Morgan fingerprint density at radius 3 is 2.81 bits per heavy atom. The summed E-state index contributed by atoms with van der Waals surface area (Å²) in [5, 5.41) is 13.6. The molecule has 0 atom stereocenters. The molecule has 0 unspecified atom stereocenters. The summed E-state index contributed by atoms with van der Waals surface area (Å²) in [7, 11) is 1.67. The van der Waals surface area contributed by atoms with E-state index in [2.05, 4.69) is 22.1 Å². The molecule has 1 aliphatic rings. The van der Waals surface area contributed by atoms with Crippen molar-refractivity contribution in [3.8, 4) is 5.75 Å². The van der Waals surface area contributed by atoms with Crippen LogP contribution in [0.25, 0.3) is 0 Å². The van der Waals surface area contributed by atoms with Gasteiger partial charge < -0.3 is 15.3 Å². The normalized spacial score (nSPS) is 15.0. The number of aldehydes is 1. The fourth-order valence-electron chi connectivity index (χ4n) is 2.40. The van der Waals surface area contributed by atoms with E-state index in [1.54, 1.807) is 25.4 Å². The molecule has 0 amide bonds. The quantitative estimate of drug-likeness (QED) is 0.186. The zero-order valence-electron chi connectivity index (χ0n) is 15.0. The van der Waals surface area contributed by atoms with Crippen LogP contribution in [0.3, 0.4) is 0 Å². The predicted molar refractivity (Wildman–Crippen MR) is 102 cm³/mol. The van der Waals surface area contributed by atoms with Crippen molar-refractivity contribution in [1.29, 1.82) is 0 Å². The molecule has 1 aliphatic carbocycles. The van der Waals surface area contributed by atoms with Crippen LogP contribution < -0.4 is 10.2 Å². The largest absolute Gasteiger partial charge is 0.512 e. The molecule has 0 aliphatic heterocycles. The first-order valence-electron chi connectivity index (χ1n) is 8.29. The van der Waals surface area contributed by atoms with Crippen LogP contribution in [0.1, 0.15) is 25.0 Å². The molecule has 0 spiro atoms. The average molecular weight is 353 g/mol. The number of carbonyl (C=O) groups excluding carboxylic acids is 1. The van der Waals surface area contributed by atoms with Crippen LogP contribution in [0.15, 0.2) is 70.4 Å². The molecule has 26 heavy (non-hydrogen) atoms. The first-order valence-corrected chi connectivity index (χ1v) is 8.29. The third kappa shape index (κ3) is 5.44. The van der Waals surface area contributed by atoms with Gasteiger partial charge in [-0.25, -0.2) is 0 Å². The summed E-state index contributed by atoms with van der Waals surface area (Å²) in [6, 6.07) is 3.64. The smallest absolute Gasteiger partial charge is 0.151 e. The molecule has 6 heteroatoms. The molecule has 0 saturated carbocycles. The Bertz CT molecular complexity index is 787. The Morgan fingerprint density at radius 1 is 1.42 bits per heavy atom. The Kier molecular flexibility index (Phi) is 6.91. The molecule has 0 bridgehead atoms. The van der Waals surface area contributed by atoms with Gasteiger partial charge in [0, 0.05) is 30.3 Å². The third-order valence-electron chi connectivity index (χ3n) is 3.87. The van der Waals surface area contributed by atoms with Crippen molar-refractivity contribution >= 4 is 12.5 Å². The number of nitrogens with one attached hydrogen (secondary N) is 1. The number of aromatic nitrogens is 1. The molecule has 6 nitrogen and oxygen atoms in total. The molecule has 1 heterocycles. The summed E-state index contributed by atoms with van der Waals surface area (Å²) in [5.41, 5.74) is 5.59. The Balaban J connectivity index is 2.40. The first kappa shape index (κ1) is 19.2. The minimum absolute atomic E-state index is 0.322. The van der Waals surface area contributed by atoms with Crippen LogP contribution in [-0.4, -0.2) is 29.6 Å². The van der Waals surface area contributed by atoms with E-state index in [0.29, 0.717) is 54.0 Å². The van der Waals surface area contributed by atoms with Crippen molar-refractivity contribution in [2.75, 3.05) is 7.05 Å². The Morgan fingerprint density at radius 2 is 2.23 bits per heavy atom. The second kappa shape index (κ2) is 9.36. The number of hydrazone groups is 1. The molecule has 2 rings (SSSR count). The van der Waals surface area contributed by atoms with Gasteiger partial charge in [-0.3, -0.25) is 9.78 Å². The van der Waals surface area contributed by atoms with E-state index in [-0.39, 0.29) is 0 Å². The van der Waals surface area contributed by atoms with Gasteiger partial charge >= 0.3 is 0 Å². The topological polar surface area (TPSA) is 83.8 Å². The van der Waals surface area contributed by atoms with Crippen LogP contribution in [-0.2, 0) is 4.79 Å². The van der Waals surface area contributed by atoms with E-state index in [1.165, 1.54) is 6.21 Å². The maximum absolute atomic E-state index is 11.4. The van der Waals surface area contributed by atoms with E-state index in [1.807, 2.05) is 19.1 Å². The molecule has 0 aromatic carbocycles. The average Bonchev–Trinajstić information content (AvgIpc) is 2.66. The number of hydrogen-bond donors (Lipinski definition) is 2. The van der Waals surface area contributed by atoms with Crippen molar-refractivity contribution in [1.82, 2.24) is 10.4 Å². The van der Waals surface area contributed by atoms with Gasteiger partial charge in [0.2, 0.25) is 0 Å². The number of nitrogens with zero attached hydrogens (tertiary/aromatic N) is 2. The van der Waals surface area contributed by atoms with Gasteiger partial charge in [-0.1, -0.05) is 18.2 Å². The summed E-state index contributed by atoms with van der Waals surface area (Å²) >= 11 is 0. The highest BCUT2D eigenvalue weighted by molar-refractivity contribution is 5.86. The minimum Gasteiger partial charge on any atom is -0.512 e. The summed E-state index contributed by atoms with van der Waals surface area (Å²) in [4.78, 5) is 15.6. The zero-order chi connectivity index (χ0) is 18.9. The number of carbonyl (C=O) groups is 1. The molecule has 0 saturated heterocycles. The van der Waals surface area contributed by atoms with Gasteiger partial charge in [-0.15, -0.1) is 0 Å². The second-order valence-corrected chi connectivity index (χ2v) is 5.86. The molecule has 0 radical (unpaired) electrons. The molecule has 0 fully saturated rings. The van der Waals surface area contributed by atoms with E-state index >= 15 is 0 Å². The van der Waals surface area contributed by atoms with E-state index < -0.39 is 0 Å². The number of hydrogen-bond acceptors (Lipinski definition) is 6. The minimum atomic E-state index is 0.322. The number of aliphatic hydroxyl groups excluding tert-OH is 1. The van der Waals surface area contributed by atoms with Crippen molar-refractivity contribution in [3.05, 3.63) is 71.0 Å². The highest BCUT2D eigenvalue weighted by atomic mass is 16.5. The fraction of sp³-hybridized carbons (Fsp3) is 0.250. The third-order valence-corrected chi connectivity index (χ3v) is 3.87. The maximum atomic E-state index is 11.4. The van der Waals surface area contributed by atoms with Crippen molar-refractivity contribution in [2.24, 2.45) is 5.10 Å². The van der Waals surface area contributed by atoms with Crippen LogP contribution in [0.2, 0.25) is 0 Å². The van der Waals surface area contributed by atoms with Gasteiger partial charge in [0.15, 0.2) is 5.76 Å². The van der Waals surface area contributed by atoms with Crippen molar-refractivity contribution < 1.29 is 14.6 Å². The van der Waals surface area contributed by atoms with Crippen LogP contribution >= 0.6 is 0 Å². The van der Waals surface area contributed by atoms with Crippen LogP contribution in [0.5, 0.6) is 5.75 Å². The summed E-state index contributed by atoms with van der Waals surface area (Å²) in [6.45, 7) is 5.73. The predicted octanol–water partition coefficient (Wildman–Crippen LogP) is 3.54. The summed E-state index contributed by atoms with van der Waals surface area (Å²) in [5.74, 6) is 1.31. The molecular weight excluding hydrogens is 330 g/mol. The molecule has 136 valence electrons. The molecule has 1 aromatic heterocycles. The lowest BCUT2D eigenvalue weighted by molar-refractivity contribution is -0.104. The second-order valence-electron chi connectivity index (χ2n) is 5.86. The lowest BCUT2D eigenvalue weighted by Gasteiger charge is -2.16. The van der Waals surface area contributed by atoms with Crippen molar-refractivity contribution in [2.45, 2.75) is 26.2 Å². The van der Waals surface area contributed by atoms with Crippen molar-refractivity contribution in [3.63, 3.8) is 0 Å². The highest BCUT2D eigenvalue weighted by Crippen LogP contribution is 2.28. The van der Waals surface area contributed by atoms with Crippen LogP contribution in [0.4, 0.5) is 0 Å². The Hall–Kier alpha value is -3.15. The number of ether oxygens (including phenoxy) is 1.